The Hall–Kier alpha value is -0.440. The summed E-state index contributed by atoms with van der Waals surface area (Å²) in [6.07, 6.45) is 0. The number of hydrogen-bond acceptors (Lipinski definition) is 2. The maximum Gasteiger partial charge on any atom is 0.156 e. The molecule has 2 nitrogen and oxygen atoms in total. The van der Waals surface area contributed by atoms with Gasteiger partial charge < -0.3 is 10.1 Å². The molecule has 0 aliphatic rings. The van der Waals surface area contributed by atoms with Crippen LogP contribution in [0.5, 0.6) is 5.75 Å². The maximum absolute atomic E-state index is 5.98. The molecule has 0 bridgehead atoms. The van der Waals surface area contributed by atoms with E-state index in [4.69, 9.17) is 27.9 Å². The molecular formula is C10H13Cl2NO. The molecule has 0 saturated heterocycles. The molecule has 0 saturated carbocycles. The predicted octanol–water partition coefficient (Wildman–Crippen LogP) is 3.11. The Morgan fingerprint density at radius 3 is 2.29 bits per heavy atom. The Morgan fingerprint density at radius 2 is 1.86 bits per heavy atom. The molecule has 78 valence electrons. The predicted molar refractivity (Wildman–Crippen MR) is 60.4 cm³/mol. The Bertz CT molecular complexity index is 292. The molecule has 1 aromatic carbocycles. The van der Waals surface area contributed by atoms with Crippen LogP contribution in [0.15, 0.2) is 12.1 Å². The fraction of sp³-hybridized carbons (Fsp3) is 0.400. The van der Waals surface area contributed by atoms with Gasteiger partial charge in [0.1, 0.15) is 0 Å². The van der Waals surface area contributed by atoms with E-state index in [-0.39, 0.29) is 0 Å². The van der Waals surface area contributed by atoms with E-state index in [0.717, 1.165) is 18.7 Å². The summed E-state index contributed by atoms with van der Waals surface area (Å²) in [6, 6.07) is 3.71. The van der Waals surface area contributed by atoms with Crippen molar-refractivity contribution in [3.63, 3.8) is 0 Å². The summed E-state index contributed by atoms with van der Waals surface area (Å²) in [5.41, 5.74) is 1.06. The lowest BCUT2D eigenvalue weighted by Crippen LogP contribution is -2.11. The highest BCUT2D eigenvalue weighted by molar-refractivity contribution is 6.37. The monoisotopic (exact) mass is 233 g/mol. The number of methoxy groups -OCH3 is 1. The van der Waals surface area contributed by atoms with Crippen molar-refractivity contribution in [3.05, 3.63) is 27.7 Å². The van der Waals surface area contributed by atoms with Crippen LogP contribution in [-0.4, -0.2) is 13.7 Å². The van der Waals surface area contributed by atoms with Gasteiger partial charge in [-0.05, 0) is 24.2 Å². The zero-order valence-electron chi connectivity index (χ0n) is 8.23. The zero-order valence-corrected chi connectivity index (χ0v) is 9.74. The molecule has 14 heavy (non-hydrogen) atoms. The lowest BCUT2D eigenvalue weighted by Gasteiger charge is -2.08. The molecule has 0 amide bonds. The number of nitrogens with one attached hydrogen (secondary N) is 1. The van der Waals surface area contributed by atoms with Crippen molar-refractivity contribution in [3.8, 4) is 5.75 Å². The van der Waals surface area contributed by atoms with E-state index in [1.807, 2.05) is 19.1 Å². The maximum atomic E-state index is 5.98. The zero-order chi connectivity index (χ0) is 10.6. The number of rotatable bonds is 4. The van der Waals surface area contributed by atoms with Gasteiger partial charge in [-0.3, -0.25) is 0 Å². The minimum absolute atomic E-state index is 0.536. The molecular weight excluding hydrogens is 221 g/mol. The summed E-state index contributed by atoms with van der Waals surface area (Å²) in [4.78, 5) is 0. The second-order valence-electron chi connectivity index (χ2n) is 2.87. The van der Waals surface area contributed by atoms with Crippen LogP contribution in [-0.2, 0) is 6.54 Å². The molecule has 0 radical (unpaired) electrons. The minimum Gasteiger partial charge on any atom is -0.494 e. The first-order valence-electron chi connectivity index (χ1n) is 4.41. The van der Waals surface area contributed by atoms with Gasteiger partial charge in [0.15, 0.2) is 5.75 Å². The molecule has 0 spiro atoms. The average Bonchev–Trinajstić information content (AvgIpc) is 2.14. The first-order chi connectivity index (χ1) is 6.69. The summed E-state index contributed by atoms with van der Waals surface area (Å²) < 4.78 is 5.05. The van der Waals surface area contributed by atoms with Crippen molar-refractivity contribution in [2.75, 3.05) is 13.7 Å². The SMILES string of the molecule is CCNCc1cc(Cl)c(OC)c(Cl)c1. The Morgan fingerprint density at radius 1 is 1.29 bits per heavy atom. The van der Waals surface area contributed by atoms with Gasteiger partial charge in [-0.15, -0.1) is 0 Å². The lowest BCUT2D eigenvalue weighted by atomic mass is 10.2. The molecule has 0 aliphatic heterocycles. The van der Waals surface area contributed by atoms with E-state index in [2.05, 4.69) is 5.32 Å². The molecule has 0 aromatic heterocycles. The number of benzene rings is 1. The third kappa shape index (κ3) is 2.77. The number of halogens is 2. The highest BCUT2D eigenvalue weighted by atomic mass is 35.5. The van der Waals surface area contributed by atoms with E-state index in [1.54, 1.807) is 7.11 Å². The molecule has 1 N–H and O–H groups in total. The lowest BCUT2D eigenvalue weighted by molar-refractivity contribution is 0.415. The van der Waals surface area contributed by atoms with Gasteiger partial charge >= 0.3 is 0 Å². The standard InChI is InChI=1S/C10H13Cl2NO/c1-3-13-6-7-4-8(11)10(14-2)9(12)5-7/h4-5,13H,3,6H2,1-2H3. The Kier molecular flexibility index (Phi) is 4.52. The van der Waals surface area contributed by atoms with Crippen LogP contribution >= 0.6 is 23.2 Å². The largest absolute Gasteiger partial charge is 0.494 e. The quantitative estimate of drug-likeness (QED) is 0.864. The van der Waals surface area contributed by atoms with Gasteiger partial charge in [-0.2, -0.15) is 0 Å². The van der Waals surface area contributed by atoms with E-state index >= 15 is 0 Å². The third-order valence-electron chi connectivity index (χ3n) is 1.84. The average molecular weight is 234 g/mol. The molecule has 4 heteroatoms. The van der Waals surface area contributed by atoms with E-state index < -0.39 is 0 Å². The van der Waals surface area contributed by atoms with Crippen LogP contribution < -0.4 is 10.1 Å². The van der Waals surface area contributed by atoms with Crippen LogP contribution in [0.3, 0.4) is 0 Å². The van der Waals surface area contributed by atoms with E-state index in [1.165, 1.54) is 0 Å². The minimum atomic E-state index is 0.536. The van der Waals surface area contributed by atoms with Crippen molar-refractivity contribution in [1.82, 2.24) is 5.32 Å². The summed E-state index contributed by atoms with van der Waals surface area (Å²) in [6.45, 7) is 3.73. The fourth-order valence-electron chi connectivity index (χ4n) is 1.18. The third-order valence-corrected chi connectivity index (χ3v) is 2.40. The molecule has 1 aromatic rings. The van der Waals surface area contributed by atoms with E-state index in [0.29, 0.717) is 15.8 Å². The molecule has 0 heterocycles. The van der Waals surface area contributed by atoms with Crippen molar-refractivity contribution in [2.24, 2.45) is 0 Å². The van der Waals surface area contributed by atoms with Crippen LogP contribution in [0, 0.1) is 0 Å². The smallest absolute Gasteiger partial charge is 0.156 e. The van der Waals surface area contributed by atoms with Crippen LogP contribution in [0.25, 0.3) is 0 Å². The summed E-state index contributed by atoms with van der Waals surface area (Å²) in [5, 5.41) is 4.30. The molecule has 0 fully saturated rings. The van der Waals surface area contributed by atoms with Gasteiger partial charge in [0.25, 0.3) is 0 Å². The molecule has 0 aliphatic carbocycles. The summed E-state index contributed by atoms with van der Waals surface area (Å²) >= 11 is 12.0. The molecule has 1 rings (SSSR count). The Labute approximate surface area is 94.2 Å². The first-order valence-corrected chi connectivity index (χ1v) is 5.17. The molecule has 0 unspecified atom stereocenters. The highest BCUT2D eigenvalue weighted by Gasteiger charge is 2.07. The highest BCUT2D eigenvalue weighted by Crippen LogP contribution is 2.33. The molecule has 0 atom stereocenters. The first kappa shape index (κ1) is 11.6. The van der Waals surface area contributed by atoms with Crippen molar-refractivity contribution < 1.29 is 4.74 Å². The van der Waals surface area contributed by atoms with E-state index in [9.17, 15) is 0 Å². The van der Waals surface area contributed by atoms with Crippen molar-refractivity contribution in [2.45, 2.75) is 13.5 Å². The van der Waals surface area contributed by atoms with Crippen LogP contribution in [0.2, 0.25) is 10.0 Å². The van der Waals surface area contributed by atoms with Crippen molar-refractivity contribution >= 4 is 23.2 Å². The summed E-state index contributed by atoms with van der Waals surface area (Å²) in [5.74, 6) is 0.536. The fourth-order valence-corrected chi connectivity index (χ4v) is 1.87. The van der Waals surface area contributed by atoms with Gasteiger partial charge in [0, 0.05) is 6.54 Å². The van der Waals surface area contributed by atoms with Gasteiger partial charge in [-0.25, -0.2) is 0 Å². The van der Waals surface area contributed by atoms with Gasteiger partial charge in [0.05, 0.1) is 17.2 Å². The number of ether oxygens (including phenoxy) is 1. The topological polar surface area (TPSA) is 21.3 Å². The summed E-state index contributed by atoms with van der Waals surface area (Å²) in [7, 11) is 1.55. The van der Waals surface area contributed by atoms with Crippen LogP contribution in [0.1, 0.15) is 12.5 Å². The van der Waals surface area contributed by atoms with Gasteiger partial charge in [0.2, 0.25) is 0 Å². The van der Waals surface area contributed by atoms with Crippen LogP contribution in [0.4, 0.5) is 0 Å². The number of hydrogen-bond donors (Lipinski definition) is 1. The normalized spacial score (nSPS) is 10.3. The second-order valence-corrected chi connectivity index (χ2v) is 3.69. The van der Waals surface area contributed by atoms with Gasteiger partial charge in [-0.1, -0.05) is 30.1 Å². The Balaban J connectivity index is 2.90. The second kappa shape index (κ2) is 5.44. The van der Waals surface area contributed by atoms with Crippen molar-refractivity contribution in [1.29, 1.82) is 0 Å².